The number of carbonyl (C=O) groups is 1. The molecule has 5 heteroatoms. The summed E-state index contributed by atoms with van der Waals surface area (Å²) in [5.41, 5.74) is -0.0350. The van der Waals surface area contributed by atoms with Gasteiger partial charge in [-0.25, -0.2) is 0 Å². The molecular formula is C18H20ClNO3. The van der Waals surface area contributed by atoms with Crippen molar-refractivity contribution in [3.8, 4) is 11.5 Å². The molecule has 23 heavy (non-hydrogen) atoms. The van der Waals surface area contributed by atoms with Gasteiger partial charge >= 0.3 is 0 Å². The van der Waals surface area contributed by atoms with Gasteiger partial charge in [0.25, 0.3) is 5.91 Å². The van der Waals surface area contributed by atoms with Gasteiger partial charge in [-0.2, -0.15) is 0 Å². The molecule has 0 aromatic heterocycles. The maximum atomic E-state index is 12.4. The fraction of sp³-hybridized carbons (Fsp3) is 0.278. The molecule has 2 rings (SSSR count). The quantitative estimate of drug-likeness (QED) is 0.874. The van der Waals surface area contributed by atoms with Crippen molar-refractivity contribution in [2.24, 2.45) is 0 Å². The third-order valence-electron chi connectivity index (χ3n) is 3.32. The van der Waals surface area contributed by atoms with Crippen molar-refractivity contribution in [2.75, 3.05) is 7.11 Å². The molecule has 0 unspecified atom stereocenters. The average molecular weight is 334 g/mol. The van der Waals surface area contributed by atoms with Crippen molar-refractivity contribution < 1.29 is 14.3 Å². The van der Waals surface area contributed by atoms with E-state index in [0.717, 1.165) is 11.3 Å². The van der Waals surface area contributed by atoms with E-state index in [1.807, 2.05) is 24.3 Å². The summed E-state index contributed by atoms with van der Waals surface area (Å²) >= 11 is 5.84. The molecule has 0 saturated heterocycles. The minimum atomic E-state index is -0.993. The van der Waals surface area contributed by atoms with Crippen LogP contribution in [0.1, 0.15) is 19.4 Å². The van der Waals surface area contributed by atoms with Gasteiger partial charge in [0.2, 0.25) is 0 Å². The first kappa shape index (κ1) is 17.2. The Morgan fingerprint density at radius 3 is 2.48 bits per heavy atom. The molecule has 1 amide bonds. The molecule has 2 aromatic rings. The lowest BCUT2D eigenvalue weighted by atomic mass is 10.1. The van der Waals surface area contributed by atoms with Crippen LogP contribution < -0.4 is 14.8 Å². The second-order valence-electron chi connectivity index (χ2n) is 5.60. The lowest BCUT2D eigenvalue weighted by molar-refractivity contribution is -0.134. The van der Waals surface area contributed by atoms with Crippen LogP contribution in [0, 0.1) is 0 Å². The highest BCUT2D eigenvalue weighted by Crippen LogP contribution is 2.21. The molecule has 0 atom stereocenters. The molecule has 4 nitrogen and oxygen atoms in total. The molecule has 0 spiro atoms. The topological polar surface area (TPSA) is 47.6 Å². The highest BCUT2D eigenvalue weighted by atomic mass is 35.5. The van der Waals surface area contributed by atoms with Crippen LogP contribution in [0.4, 0.5) is 0 Å². The van der Waals surface area contributed by atoms with E-state index in [-0.39, 0.29) is 5.91 Å². The van der Waals surface area contributed by atoms with Crippen LogP contribution in [-0.4, -0.2) is 18.6 Å². The Labute approximate surface area is 141 Å². The van der Waals surface area contributed by atoms with Gasteiger partial charge in [-0.3, -0.25) is 4.79 Å². The summed E-state index contributed by atoms with van der Waals surface area (Å²) in [6.45, 7) is 3.86. The predicted molar refractivity (Wildman–Crippen MR) is 91.0 cm³/mol. The van der Waals surface area contributed by atoms with E-state index in [4.69, 9.17) is 21.1 Å². The van der Waals surface area contributed by atoms with Crippen molar-refractivity contribution in [2.45, 2.75) is 26.0 Å². The molecule has 0 aliphatic heterocycles. The lowest BCUT2D eigenvalue weighted by Gasteiger charge is -2.25. The molecule has 0 fully saturated rings. The van der Waals surface area contributed by atoms with Crippen LogP contribution in [0.5, 0.6) is 11.5 Å². The van der Waals surface area contributed by atoms with Gasteiger partial charge in [0.1, 0.15) is 11.5 Å². The lowest BCUT2D eigenvalue weighted by Crippen LogP contribution is -2.46. The molecule has 0 saturated carbocycles. The van der Waals surface area contributed by atoms with Gasteiger partial charge in [-0.05, 0) is 55.8 Å². The summed E-state index contributed by atoms with van der Waals surface area (Å²) in [7, 11) is 1.61. The van der Waals surface area contributed by atoms with E-state index in [0.29, 0.717) is 17.3 Å². The number of benzene rings is 2. The minimum absolute atomic E-state index is 0.199. The summed E-state index contributed by atoms with van der Waals surface area (Å²) in [6.07, 6.45) is 0. The van der Waals surface area contributed by atoms with Crippen molar-refractivity contribution in [1.82, 2.24) is 5.32 Å². The Hall–Kier alpha value is -2.20. The van der Waals surface area contributed by atoms with Crippen LogP contribution in [-0.2, 0) is 11.3 Å². The number of halogens is 1. The number of hydrogen-bond acceptors (Lipinski definition) is 3. The minimum Gasteiger partial charge on any atom is -0.497 e. The normalized spacial score (nSPS) is 11.0. The molecular weight excluding hydrogens is 314 g/mol. The largest absolute Gasteiger partial charge is 0.497 e. The van der Waals surface area contributed by atoms with Crippen molar-refractivity contribution in [3.63, 3.8) is 0 Å². The zero-order valence-corrected chi connectivity index (χ0v) is 14.2. The van der Waals surface area contributed by atoms with Gasteiger partial charge in [0.15, 0.2) is 5.60 Å². The van der Waals surface area contributed by atoms with Gasteiger partial charge in [0, 0.05) is 11.6 Å². The maximum Gasteiger partial charge on any atom is 0.263 e. The zero-order chi connectivity index (χ0) is 16.9. The predicted octanol–water partition coefficient (Wildman–Crippen LogP) is 3.82. The SMILES string of the molecule is COc1cccc(CNC(=O)C(C)(C)Oc2ccc(Cl)cc2)c1. The molecule has 1 N–H and O–H groups in total. The first-order valence-electron chi connectivity index (χ1n) is 7.26. The summed E-state index contributed by atoms with van der Waals surface area (Å²) in [5, 5.41) is 3.50. The van der Waals surface area contributed by atoms with Crippen LogP contribution in [0.3, 0.4) is 0 Å². The van der Waals surface area contributed by atoms with Gasteiger partial charge in [-0.15, -0.1) is 0 Å². The molecule has 0 radical (unpaired) electrons. The molecule has 0 heterocycles. The van der Waals surface area contributed by atoms with Gasteiger partial charge < -0.3 is 14.8 Å². The number of carbonyl (C=O) groups excluding carboxylic acids is 1. The number of nitrogens with one attached hydrogen (secondary N) is 1. The van der Waals surface area contributed by atoms with Crippen molar-refractivity contribution >= 4 is 17.5 Å². The van der Waals surface area contributed by atoms with E-state index >= 15 is 0 Å². The number of rotatable bonds is 6. The summed E-state index contributed by atoms with van der Waals surface area (Å²) in [4.78, 5) is 12.4. The molecule has 0 bridgehead atoms. The van der Waals surface area contributed by atoms with Crippen LogP contribution >= 0.6 is 11.6 Å². The van der Waals surface area contributed by atoms with Crippen LogP contribution in [0.15, 0.2) is 48.5 Å². The average Bonchev–Trinajstić information content (AvgIpc) is 2.54. The molecule has 122 valence electrons. The summed E-state index contributed by atoms with van der Waals surface area (Å²) in [6, 6.07) is 14.5. The Morgan fingerprint density at radius 2 is 1.83 bits per heavy atom. The Balaban J connectivity index is 1.96. The first-order valence-corrected chi connectivity index (χ1v) is 7.64. The van der Waals surface area contributed by atoms with Gasteiger partial charge in [0.05, 0.1) is 7.11 Å². The Bertz CT molecular complexity index is 668. The number of methoxy groups -OCH3 is 1. The van der Waals surface area contributed by atoms with Crippen molar-refractivity contribution in [3.05, 3.63) is 59.1 Å². The third kappa shape index (κ3) is 4.89. The van der Waals surface area contributed by atoms with Crippen LogP contribution in [0.2, 0.25) is 5.02 Å². The first-order chi connectivity index (χ1) is 10.9. The zero-order valence-electron chi connectivity index (χ0n) is 13.4. The van der Waals surface area contributed by atoms with E-state index in [9.17, 15) is 4.79 Å². The Kier molecular flexibility index (Phi) is 5.50. The fourth-order valence-electron chi connectivity index (χ4n) is 2.02. The number of ether oxygens (including phenoxy) is 2. The molecule has 2 aromatic carbocycles. The van der Waals surface area contributed by atoms with E-state index in [1.54, 1.807) is 45.2 Å². The highest BCUT2D eigenvalue weighted by Gasteiger charge is 2.29. The fourth-order valence-corrected chi connectivity index (χ4v) is 2.15. The van der Waals surface area contributed by atoms with E-state index in [1.165, 1.54) is 0 Å². The molecule has 0 aliphatic carbocycles. The number of hydrogen-bond donors (Lipinski definition) is 1. The summed E-state index contributed by atoms with van der Waals surface area (Å²) < 4.78 is 10.9. The second-order valence-corrected chi connectivity index (χ2v) is 6.04. The Morgan fingerprint density at radius 1 is 1.13 bits per heavy atom. The standard InChI is InChI=1S/C18H20ClNO3/c1-18(2,23-15-9-7-14(19)8-10-15)17(21)20-12-13-5-4-6-16(11-13)22-3/h4-11H,12H2,1-3H3,(H,20,21). The monoisotopic (exact) mass is 333 g/mol. The molecule has 0 aliphatic rings. The van der Waals surface area contributed by atoms with Crippen LogP contribution in [0.25, 0.3) is 0 Å². The third-order valence-corrected chi connectivity index (χ3v) is 3.57. The highest BCUT2D eigenvalue weighted by molar-refractivity contribution is 6.30. The smallest absolute Gasteiger partial charge is 0.263 e. The van der Waals surface area contributed by atoms with Crippen molar-refractivity contribution in [1.29, 1.82) is 0 Å². The summed E-state index contributed by atoms with van der Waals surface area (Å²) in [5.74, 6) is 1.15. The second kappa shape index (κ2) is 7.38. The van der Waals surface area contributed by atoms with E-state index in [2.05, 4.69) is 5.32 Å². The maximum absolute atomic E-state index is 12.4. The van der Waals surface area contributed by atoms with Gasteiger partial charge in [-0.1, -0.05) is 23.7 Å². The van der Waals surface area contributed by atoms with E-state index < -0.39 is 5.60 Å². The number of amides is 1.